The maximum Gasteiger partial charge on any atom is 0.223 e. The lowest BCUT2D eigenvalue weighted by atomic mass is 9.70. The molecule has 2 fully saturated rings. The van der Waals surface area contributed by atoms with Crippen LogP contribution in [0, 0.1) is 23.4 Å². The molecule has 1 amide bonds. The molecule has 156 valence electrons. The van der Waals surface area contributed by atoms with Crippen LogP contribution in [0.3, 0.4) is 0 Å². The topological polar surface area (TPSA) is 65.1 Å². The summed E-state index contributed by atoms with van der Waals surface area (Å²) in [5.41, 5.74) is 1.49. The zero-order valence-electron chi connectivity index (χ0n) is 16.1. The van der Waals surface area contributed by atoms with Crippen molar-refractivity contribution in [1.82, 2.24) is 10.3 Å². The number of fused-ring (bicyclic) bond motifs is 1. The number of halogens is 3. The van der Waals surface area contributed by atoms with E-state index in [0.717, 1.165) is 11.6 Å². The van der Waals surface area contributed by atoms with Crippen molar-refractivity contribution in [3.8, 4) is 11.3 Å². The summed E-state index contributed by atoms with van der Waals surface area (Å²) in [5, 5.41) is 13.1. The van der Waals surface area contributed by atoms with Crippen molar-refractivity contribution in [2.24, 2.45) is 5.92 Å². The second-order valence-electron chi connectivity index (χ2n) is 8.54. The van der Waals surface area contributed by atoms with Crippen molar-refractivity contribution in [3.63, 3.8) is 0 Å². The second-order valence-corrected chi connectivity index (χ2v) is 8.54. The molecule has 0 spiro atoms. The Kier molecular flexibility index (Phi) is 4.39. The van der Waals surface area contributed by atoms with Gasteiger partial charge in [0.2, 0.25) is 5.91 Å². The Bertz CT molecular complexity index is 1130. The van der Waals surface area contributed by atoms with Crippen molar-refractivity contribution in [1.29, 1.82) is 0 Å². The first-order valence-corrected chi connectivity index (χ1v) is 10.1. The van der Waals surface area contributed by atoms with Crippen molar-refractivity contribution in [2.75, 3.05) is 6.54 Å². The van der Waals surface area contributed by atoms with Crippen LogP contribution in [0.25, 0.3) is 22.2 Å². The van der Waals surface area contributed by atoms with Gasteiger partial charge in [-0.05, 0) is 73.1 Å². The Morgan fingerprint density at radius 2 is 1.80 bits per heavy atom. The highest BCUT2D eigenvalue weighted by Gasteiger charge is 2.43. The molecule has 1 aromatic heterocycles. The number of carbonyl (C=O) groups is 1. The molecular formula is C23H21F3N2O2. The van der Waals surface area contributed by atoms with Gasteiger partial charge >= 0.3 is 0 Å². The van der Waals surface area contributed by atoms with Gasteiger partial charge in [-0.1, -0.05) is 0 Å². The second kappa shape index (κ2) is 6.87. The molecule has 0 atom stereocenters. The number of hydrogen-bond donors (Lipinski definition) is 3. The molecule has 2 aliphatic rings. The third-order valence-electron chi connectivity index (χ3n) is 6.33. The molecule has 30 heavy (non-hydrogen) atoms. The van der Waals surface area contributed by atoms with E-state index in [-0.39, 0.29) is 35.6 Å². The Balaban J connectivity index is 1.45. The number of carbonyl (C=O) groups excluding carboxylic acids is 1. The predicted molar refractivity (Wildman–Crippen MR) is 106 cm³/mol. The van der Waals surface area contributed by atoms with E-state index in [1.54, 1.807) is 12.1 Å². The predicted octanol–water partition coefficient (Wildman–Crippen LogP) is 4.39. The molecule has 0 bridgehead atoms. The van der Waals surface area contributed by atoms with Crippen molar-refractivity contribution >= 4 is 16.8 Å². The van der Waals surface area contributed by atoms with Crippen LogP contribution in [0.15, 0.2) is 36.4 Å². The van der Waals surface area contributed by atoms with Gasteiger partial charge in [-0.25, -0.2) is 13.2 Å². The number of H-pyrrole nitrogens is 1. The van der Waals surface area contributed by atoms with Gasteiger partial charge in [-0.2, -0.15) is 0 Å². The number of rotatable bonds is 5. The van der Waals surface area contributed by atoms with E-state index in [1.165, 1.54) is 18.2 Å². The SMILES string of the molecule is O=C(NCC1(O)CC1)[C@H]1C[C@H](c2c(-c3ccc(F)cc3)[nH]c3c(F)cc(F)cc32)C1. The van der Waals surface area contributed by atoms with E-state index in [9.17, 15) is 23.1 Å². The van der Waals surface area contributed by atoms with Crippen molar-refractivity contribution < 1.29 is 23.1 Å². The summed E-state index contributed by atoms with van der Waals surface area (Å²) in [7, 11) is 0. The van der Waals surface area contributed by atoms with Gasteiger partial charge in [0, 0.05) is 23.9 Å². The van der Waals surface area contributed by atoms with Crippen LogP contribution in [0.2, 0.25) is 0 Å². The molecule has 0 unspecified atom stereocenters. The average Bonchev–Trinajstić information content (AvgIpc) is 3.29. The standard InChI is InChI=1S/C23H21F3N2O2/c24-15-3-1-12(2-4-15)20-19(17-9-16(25)10-18(26)21(17)28-20)13-7-14(8-13)22(29)27-11-23(30)5-6-23/h1-4,9-10,13-14,28,30H,5-8,11H2,(H,27,29)/t13-,14-. The highest BCUT2D eigenvalue weighted by molar-refractivity contribution is 5.92. The van der Waals surface area contributed by atoms with E-state index in [1.807, 2.05) is 0 Å². The van der Waals surface area contributed by atoms with E-state index in [4.69, 9.17) is 0 Å². The third-order valence-corrected chi connectivity index (χ3v) is 6.33. The maximum absolute atomic E-state index is 14.4. The lowest BCUT2D eigenvalue weighted by molar-refractivity contribution is -0.128. The molecule has 0 saturated heterocycles. The van der Waals surface area contributed by atoms with Crippen LogP contribution < -0.4 is 5.32 Å². The Morgan fingerprint density at radius 1 is 1.10 bits per heavy atom. The summed E-state index contributed by atoms with van der Waals surface area (Å²) >= 11 is 0. The molecule has 2 aromatic carbocycles. The van der Waals surface area contributed by atoms with Gasteiger partial charge in [0.1, 0.15) is 17.5 Å². The summed E-state index contributed by atoms with van der Waals surface area (Å²) in [6, 6.07) is 7.96. The van der Waals surface area contributed by atoms with Crippen molar-refractivity contribution in [2.45, 2.75) is 37.2 Å². The van der Waals surface area contributed by atoms with Gasteiger partial charge in [-0.15, -0.1) is 0 Å². The van der Waals surface area contributed by atoms with Gasteiger partial charge in [-0.3, -0.25) is 4.79 Å². The van der Waals surface area contributed by atoms with Gasteiger partial charge in [0.15, 0.2) is 0 Å². The molecule has 3 N–H and O–H groups in total. The number of hydrogen-bond acceptors (Lipinski definition) is 2. The fourth-order valence-electron chi connectivity index (χ4n) is 4.29. The summed E-state index contributed by atoms with van der Waals surface area (Å²) in [6.45, 7) is 0.261. The Labute approximate surface area is 171 Å². The molecule has 5 rings (SSSR count). The highest BCUT2D eigenvalue weighted by atomic mass is 19.1. The first-order valence-electron chi connectivity index (χ1n) is 10.1. The monoisotopic (exact) mass is 414 g/mol. The third kappa shape index (κ3) is 3.37. The number of amides is 1. The number of aliphatic hydroxyl groups is 1. The largest absolute Gasteiger partial charge is 0.388 e. The van der Waals surface area contributed by atoms with Crippen LogP contribution in [0.4, 0.5) is 13.2 Å². The van der Waals surface area contributed by atoms with E-state index < -0.39 is 17.2 Å². The fourth-order valence-corrected chi connectivity index (χ4v) is 4.29. The summed E-state index contributed by atoms with van der Waals surface area (Å²) in [5.74, 6) is -2.11. The average molecular weight is 414 g/mol. The highest BCUT2D eigenvalue weighted by Crippen LogP contribution is 2.48. The Morgan fingerprint density at radius 3 is 2.47 bits per heavy atom. The number of benzene rings is 2. The number of aromatic amines is 1. The van der Waals surface area contributed by atoms with Crippen LogP contribution in [-0.4, -0.2) is 28.1 Å². The van der Waals surface area contributed by atoms with Gasteiger partial charge in [0.05, 0.1) is 16.8 Å². The Hall–Kier alpha value is -2.80. The zero-order valence-corrected chi connectivity index (χ0v) is 16.1. The minimum atomic E-state index is -0.750. The molecule has 7 heteroatoms. The van der Waals surface area contributed by atoms with Crippen LogP contribution in [0.1, 0.15) is 37.2 Å². The smallest absolute Gasteiger partial charge is 0.223 e. The summed E-state index contributed by atoms with van der Waals surface area (Å²) < 4.78 is 41.7. The first kappa shape index (κ1) is 19.2. The lowest BCUT2D eigenvalue weighted by Crippen LogP contribution is -2.41. The fraction of sp³-hybridized carbons (Fsp3) is 0.348. The van der Waals surface area contributed by atoms with E-state index in [2.05, 4.69) is 10.3 Å². The van der Waals surface area contributed by atoms with E-state index in [0.29, 0.717) is 42.3 Å². The zero-order chi connectivity index (χ0) is 21.0. The van der Waals surface area contributed by atoms with Crippen LogP contribution in [-0.2, 0) is 4.79 Å². The van der Waals surface area contributed by atoms with Crippen LogP contribution in [0.5, 0.6) is 0 Å². The normalized spacial score (nSPS) is 22.0. The molecule has 1 heterocycles. The maximum atomic E-state index is 14.4. The molecule has 4 nitrogen and oxygen atoms in total. The van der Waals surface area contributed by atoms with E-state index >= 15 is 0 Å². The first-order chi connectivity index (χ1) is 14.3. The molecular weight excluding hydrogens is 393 g/mol. The lowest BCUT2D eigenvalue weighted by Gasteiger charge is -2.35. The van der Waals surface area contributed by atoms with Crippen LogP contribution >= 0.6 is 0 Å². The minimum absolute atomic E-state index is 0.0558. The number of nitrogens with one attached hydrogen (secondary N) is 2. The summed E-state index contributed by atoms with van der Waals surface area (Å²) in [6.07, 6.45) is 2.50. The molecule has 2 saturated carbocycles. The quantitative estimate of drug-likeness (QED) is 0.580. The van der Waals surface area contributed by atoms with Gasteiger partial charge in [0.25, 0.3) is 0 Å². The van der Waals surface area contributed by atoms with Gasteiger partial charge < -0.3 is 15.4 Å². The molecule has 3 aromatic rings. The molecule has 0 radical (unpaired) electrons. The number of aromatic nitrogens is 1. The van der Waals surface area contributed by atoms with Crippen molar-refractivity contribution in [3.05, 3.63) is 59.4 Å². The minimum Gasteiger partial charge on any atom is -0.388 e. The summed E-state index contributed by atoms with van der Waals surface area (Å²) in [4.78, 5) is 15.4. The molecule has 0 aliphatic heterocycles. The molecule has 2 aliphatic carbocycles.